The van der Waals surface area contributed by atoms with E-state index in [-0.39, 0.29) is 22.6 Å². The van der Waals surface area contributed by atoms with Crippen LogP contribution in [0.2, 0.25) is 0 Å². The van der Waals surface area contributed by atoms with Gasteiger partial charge in [0.25, 0.3) is 5.91 Å². The molecule has 0 radical (unpaired) electrons. The molecule has 0 aliphatic heterocycles. The predicted octanol–water partition coefficient (Wildman–Crippen LogP) is 3.65. The van der Waals surface area contributed by atoms with E-state index in [1.165, 1.54) is 30.3 Å². The summed E-state index contributed by atoms with van der Waals surface area (Å²) in [4.78, 5) is 26.6. The van der Waals surface area contributed by atoms with Crippen molar-refractivity contribution in [2.24, 2.45) is 5.73 Å². The fourth-order valence-corrected chi connectivity index (χ4v) is 2.63. The molecule has 7 nitrogen and oxygen atoms in total. The molecule has 0 saturated heterocycles. The summed E-state index contributed by atoms with van der Waals surface area (Å²) in [6.45, 7) is -0.452. The zero-order valence-corrected chi connectivity index (χ0v) is 15.2. The molecule has 1 aromatic heterocycles. The maximum absolute atomic E-state index is 13.9. The van der Waals surface area contributed by atoms with Crippen molar-refractivity contribution in [3.8, 4) is 0 Å². The third-order valence-electron chi connectivity index (χ3n) is 4.17. The first-order valence-electron chi connectivity index (χ1n) is 8.52. The average molecular weight is 416 g/mol. The third kappa shape index (κ3) is 4.49. The quantitative estimate of drug-likeness (QED) is 0.437. The Hall–Kier alpha value is -4.08. The Morgan fingerprint density at radius 2 is 1.70 bits per heavy atom. The molecule has 30 heavy (non-hydrogen) atoms. The van der Waals surface area contributed by atoms with E-state index in [1.54, 1.807) is 0 Å². The lowest BCUT2D eigenvalue weighted by Crippen LogP contribution is -2.16. The summed E-state index contributed by atoms with van der Waals surface area (Å²) < 4.78 is 41.1. The molecule has 2 aromatic carbocycles. The fourth-order valence-electron chi connectivity index (χ4n) is 2.63. The van der Waals surface area contributed by atoms with Gasteiger partial charge in [0.2, 0.25) is 0 Å². The van der Waals surface area contributed by atoms with Gasteiger partial charge in [-0.25, -0.2) is 22.9 Å². The van der Waals surface area contributed by atoms with Gasteiger partial charge in [-0.2, -0.15) is 0 Å². The number of nitrogens with two attached hydrogens (primary N) is 1. The molecule has 0 aliphatic rings. The van der Waals surface area contributed by atoms with Crippen LogP contribution in [-0.2, 0) is 6.54 Å². The van der Waals surface area contributed by atoms with Gasteiger partial charge in [0.05, 0.1) is 16.8 Å². The van der Waals surface area contributed by atoms with E-state index in [2.05, 4.69) is 15.6 Å². The lowest BCUT2D eigenvalue weighted by molar-refractivity contribution is 0.0696. The fraction of sp³-hybridized carbons (Fsp3) is 0.0500. The normalized spacial score (nSPS) is 10.5. The Labute approximate surface area is 168 Å². The topological polar surface area (TPSA) is 117 Å². The molecule has 1 amide bonds. The second-order valence-corrected chi connectivity index (χ2v) is 6.16. The van der Waals surface area contributed by atoms with Crippen LogP contribution in [0.25, 0.3) is 0 Å². The van der Waals surface area contributed by atoms with Crippen LogP contribution >= 0.6 is 0 Å². The van der Waals surface area contributed by atoms with Crippen LogP contribution < -0.4 is 16.4 Å². The number of pyridine rings is 1. The summed E-state index contributed by atoms with van der Waals surface area (Å²) in [7, 11) is 0. The first-order chi connectivity index (χ1) is 14.3. The van der Waals surface area contributed by atoms with Gasteiger partial charge in [-0.1, -0.05) is 0 Å². The van der Waals surface area contributed by atoms with Crippen LogP contribution in [-0.4, -0.2) is 22.0 Å². The molecule has 0 unspecified atom stereocenters. The SMILES string of the molecule is NC(=O)c1cnc(Nc2ccc(C(=O)O)cc2)cc1NCc1c(F)ccc(F)c1F. The highest BCUT2D eigenvalue weighted by Crippen LogP contribution is 2.24. The van der Waals surface area contributed by atoms with Crippen molar-refractivity contribution in [3.63, 3.8) is 0 Å². The van der Waals surface area contributed by atoms with Gasteiger partial charge < -0.3 is 21.5 Å². The largest absolute Gasteiger partial charge is 0.478 e. The molecule has 0 spiro atoms. The summed E-state index contributed by atoms with van der Waals surface area (Å²) in [5.74, 6) is -5.16. The summed E-state index contributed by atoms with van der Waals surface area (Å²) in [5.41, 5.74) is 5.45. The highest BCUT2D eigenvalue weighted by atomic mass is 19.2. The van der Waals surface area contributed by atoms with Crippen LogP contribution in [0.4, 0.5) is 30.4 Å². The van der Waals surface area contributed by atoms with Crippen molar-refractivity contribution in [2.45, 2.75) is 6.54 Å². The molecule has 5 N–H and O–H groups in total. The number of carboxylic acids is 1. The molecule has 0 fully saturated rings. The molecule has 154 valence electrons. The predicted molar refractivity (Wildman–Crippen MR) is 103 cm³/mol. The summed E-state index contributed by atoms with van der Waals surface area (Å²) in [6.07, 6.45) is 1.16. The Bertz CT molecular complexity index is 1120. The molecule has 0 saturated carbocycles. The number of primary amides is 1. The monoisotopic (exact) mass is 416 g/mol. The molecule has 0 atom stereocenters. The van der Waals surface area contributed by atoms with Crippen molar-refractivity contribution >= 4 is 29.1 Å². The number of hydrogen-bond donors (Lipinski definition) is 4. The Morgan fingerprint density at radius 1 is 1.03 bits per heavy atom. The van der Waals surface area contributed by atoms with E-state index < -0.39 is 41.4 Å². The number of aromatic nitrogens is 1. The van der Waals surface area contributed by atoms with Crippen molar-refractivity contribution in [1.82, 2.24) is 4.98 Å². The van der Waals surface area contributed by atoms with Crippen molar-refractivity contribution < 1.29 is 27.9 Å². The van der Waals surface area contributed by atoms with Crippen LogP contribution in [0, 0.1) is 17.5 Å². The number of anilines is 3. The summed E-state index contributed by atoms with van der Waals surface area (Å²) >= 11 is 0. The lowest BCUT2D eigenvalue weighted by Gasteiger charge is -2.14. The van der Waals surface area contributed by atoms with Gasteiger partial charge >= 0.3 is 5.97 Å². The number of nitrogens with one attached hydrogen (secondary N) is 2. The Balaban J connectivity index is 1.85. The second-order valence-electron chi connectivity index (χ2n) is 6.16. The number of hydrogen-bond acceptors (Lipinski definition) is 5. The number of aromatic carboxylic acids is 1. The van der Waals surface area contributed by atoms with Crippen LogP contribution in [0.15, 0.2) is 48.7 Å². The molecule has 3 rings (SSSR count). The van der Waals surface area contributed by atoms with Gasteiger partial charge in [-0.3, -0.25) is 4.79 Å². The minimum Gasteiger partial charge on any atom is -0.478 e. The minimum absolute atomic E-state index is 0.0426. The first kappa shape index (κ1) is 20.6. The zero-order chi connectivity index (χ0) is 21.8. The van der Waals surface area contributed by atoms with E-state index in [1.807, 2.05) is 0 Å². The second kappa shape index (κ2) is 8.52. The molecule has 0 aliphatic carbocycles. The molecular formula is C20H15F3N4O3. The van der Waals surface area contributed by atoms with Crippen molar-refractivity contribution in [1.29, 1.82) is 0 Å². The molecule has 1 heterocycles. The maximum Gasteiger partial charge on any atom is 0.335 e. The third-order valence-corrected chi connectivity index (χ3v) is 4.17. The van der Waals surface area contributed by atoms with Crippen molar-refractivity contribution in [2.75, 3.05) is 10.6 Å². The van der Waals surface area contributed by atoms with Gasteiger partial charge in [0, 0.05) is 30.1 Å². The minimum atomic E-state index is -1.34. The maximum atomic E-state index is 13.9. The smallest absolute Gasteiger partial charge is 0.335 e. The number of amides is 1. The number of carboxylic acid groups (broad SMARTS) is 1. The van der Waals surface area contributed by atoms with Gasteiger partial charge in [0.15, 0.2) is 11.6 Å². The highest BCUT2D eigenvalue weighted by Gasteiger charge is 2.16. The Morgan fingerprint density at radius 3 is 2.33 bits per heavy atom. The summed E-state index contributed by atoms with van der Waals surface area (Å²) in [5, 5.41) is 14.5. The van der Waals surface area contributed by atoms with Crippen LogP contribution in [0.3, 0.4) is 0 Å². The Kier molecular flexibility index (Phi) is 5.86. The first-order valence-corrected chi connectivity index (χ1v) is 8.52. The standard InChI is InChI=1S/C20H15F3N4O3/c21-14-5-6-15(22)18(23)12(14)8-25-16-7-17(26-9-13(16)19(24)28)27-11-3-1-10(2-4-11)20(29)30/h1-7,9H,8H2,(H2,24,28)(H,29,30)(H2,25,26,27). The van der Waals surface area contributed by atoms with Crippen LogP contribution in [0.1, 0.15) is 26.3 Å². The lowest BCUT2D eigenvalue weighted by atomic mass is 10.1. The van der Waals surface area contributed by atoms with Gasteiger partial charge in [0.1, 0.15) is 11.6 Å². The van der Waals surface area contributed by atoms with E-state index >= 15 is 0 Å². The van der Waals surface area contributed by atoms with E-state index in [4.69, 9.17) is 10.8 Å². The number of halogens is 3. The number of carbonyl (C=O) groups is 2. The van der Waals surface area contributed by atoms with Crippen LogP contribution in [0.5, 0.6) is 0 Å². The number of benzene rings is 2. The van der Waals surface area contributed by atoms with Gasteiger partial charge in [-0.15, -0.1) is 0 Å². The van der Waals surface area contributed by atoms with E-state index in [9.17, 15) is 22.8 Å². The number of nitrogens with zero attached hydrogens (tertiary/aromatic N) is 1. The molecule has 3 aromatic rings. The molecule has 10 heteroatoms. The van der Waals surface area contributed by atoms with E-state index in [0.717, 1.165) is 12.3 Å². The molecular weight excluding hydrogens is 401 g/mol. The average Bonchev–Trinajstić information content (AvgIpc) is 2.71. The number of carbonyl (C=O) groups excluding carboxylic acids is 1. The molecule has 0 bridgehead atoms. The zero-order valence-electron chi connectivity index (χ0n) is 15.2. The van der Waals surface area contributed by atoms with Gasteiger partial charge in [-0.05, 0) is 36.4 Å². The highest BCUT2D eigenvalue weighted by molar-refractivity contribution is 5.98. The van der Waals surface area contributed by atoms with Crippen molar-refractivity contribution in [3.05, 3.63) is 82.8 Å². The van der Waals surface area contributed by atoms with E-state index in [0.29, 0.717) is 11.8 Å². The summed E-state index contributed by atoms with van der Waals surface area (Å²) in [6, 6.07) is 8.64. The number of rotatable bonds is 7.